The number of carboxylic acid groups (broad SMARTS) is 1. The first-order valence-electron chi connectivity index (χ1n) is 4.96. The minimum Gasteiger partial charge on any atom is -0.478 e. The molecule has 0 amide bonds. The maximum atomic E-state index is 10.2. The van der Waals surface area contributed by atoms with E-state index in [2.05, 4.69) is 33.0 Å². The molecule has 0 aliphatic heterocycles. The Morgan fingerprint density at radius 2 is 2.07 bits per heavy atom. The van der Waals surface area contributed by atoms with Crippen LogP contribution in [0.2, 0.25) is 0 Å². The van der Waals surface area contributed by atoms with E-state index in [1.807, 2.05) is 0 Å². The third kappa shape index (κ3) is 5.75. The SMILES string of the molecule is CC(C)C(C)(C)CNC/C=C/C(=O)O. The summed E-state index contributed by atoms with van der Waals surface area (Å²) in [5.74, 6) is -0.284. The normalized spacial score (nSPS) is 12.6. The van der Waals surface area contributed by atoms with E-state index in [-0.39, 0.29) is 5.41 Å². The van der Waals surface area contributed by atoms with Crippen LogP contribution >= 0.6 is 0 Å². The van der Waals surface area contributed by atoms with Gasteiger partial charge in [0.15, 0.2) is 0 Å². The Morgan fingerprint density at radius 3 is 2.50 bits per heavy atom. The topological polar surface area (TPSA) is 49.3 Å². The summed E-state index contributed by atoms with van der Waals surface area (Å²) in [5.41, 5.74) is 0.247. The summed E-state index contributed by atoms with van der Waals surface area (Å²) < 4.78 is 0. The van der Waals surface area contributed by atoms with Gasteiger partial charge in [-0.15, -0.1) is 0 Å². The van der Waals surface area contributed by atoms with Gasteiger partial charge in [0.2, 0.25) is 0 Å². The first-order valence-corrected chi connectivity index (χ1v) is 4.96. The molecule has 0 saturated carbocycles. The highest BCUT2D eigenvalue weighted by molar-refractivity contribution is 5.79. The van der Waals surface area contributed by atoms with Gasteiger partial charge in [0.25, 0.3) is 0 Å². The molecule has 82 valence electrons. The Kier molecular flexibility index (Phi) is 5.46. The third-order valence-electron chi connectivity index (χ3n) is 2.67. The summed E-state index contributed by atoms with van der Waals surface area (Å²) in [5, 5.41) is 11.6. The third-order valence-corrected chi connectivity index (χ3v) is 2.67. The summed E-state index contributed by atoms with van der Waals surface area (Å²) in [6.07, 6.45) is 2.79. The lowest BCUT2D eigenvalue weighted by Gasteiger charge is -2.29. The number of aliphatic carboxylic acids is 1. The fraction of sp³-hybridized carbons (Fsp3) is 0.727. The van der Waals surface area contributed by atoms with Gasteiger partial charge in [-0.25, -0.2) is 4.79 Å². The smallest absolute Gasteiger partial charge is 0.328 e. The van der Waals surface area contributed by atoms with E-state index < -0.39 is 5.97 Å². The predicted molar refractivity (Wildman–Crippen MR) is 58.3 cm³/mol. The van der Waals surface area contributed by atoms with Crippen LogP contribution in [0.3, 0.4) is 0 Å². The van der Waals surface area contributed by atoms with Crippen LogP contribution in [0.5, 0.6) is 0 Å². The maximum Gasteiger partial charge on any atom is 0.328 e. The zero-order valence-corrected chi connectivity index (χ0v) is 9.50. The molecule has 0 rings (SSSR count). The largest absolute Gasteiger partial charge is 0.478 e. The Morgan fingerprint density at radius 1 is 1.50 bits per heavy atom. The van der Waals surface area contributed by atoms with E-state index in [9.17, 15) is 4.79 Å². The van der Waals surface area contributed by atoms with Gasteiger partial charge in [0, 0.05) is 19.2 Å². The van der Waals surface area contributed by atoms with Crippen LogP contribution in [0.25, 0.3) is 0 Å². The quantitative estimate of drug-likeness (QED) is 0.507. The van der Waals surface area contributed by atoms with Gasteiger partial charge in [-0.2, -0.15) is 0 Å². The first kappa shape index (κ1) is 13.2. The first-order chi connectivity index (χ1) is 6.36. The van der Waals surface area contributed by atoms with Crippen LogP contribution in [0.1, 0.15) is 27.7 Å². The molecule has 14 heavy (non-hydrogen) atoms. The van der Waals surface area contributed by atoms with Gasteiger partial charge in [-0.3, -0.25) is 0 Å². The van der Waals surface area contributed by atoms with Crippen molar-refractivity contribution >= 4 is 5.97 Å². The molecule has 0 aliphatic rings. The van der Waals surface area contributed by atoms with Crippen molar-refractivity contribution in [2.24, 2.45) is 11.3 Å². The van der Waals surface area contributed by atoms with Crippen LogP contribution in [0.15, 0.2) is 12.2 Å². The lowest BCUT2D eigenvalue weighted by atomic mass is 9.81. The Hall–Kier alpha value is -0.830. The van der Waals surface area contributed by atoms with Gasteiger partial charge < -0.3 is 10.4 Å². The molecule has 0 aromatic rings. The highest BCUT2D eigenvalue weighted by atomic mass is 16.4. The molecule has 3 heteroatoms. The van der Waals surface area contributed by atoms with Crippen molar-refractivity contribution in [1.29, 1.82) is 0 Å². The van der Waals surface area contributed by atoms with Gasteiger partial charge in [0.1, 0.15) is 0 Å². The molecule has 0 saturated heterocycles. The molecule has 3 nitrogen and oxygen atoms in total. The molecule has 0 aromatic carbocycles. The maximum absolute atomic E-state index is 10.2. The number of nitrogens with one attached hydrogen (secondary N) is 1. The monoisotopic (exact) mass is 199 g/mol. The lowest BCUT2D eigenvalue weighted by Crippen LogP contribution is -2.33. The van der Waals surface area contributed by atoms with Crippen molar-refractivity contribution in [2.75, 3.05) is 13.1 Å². The van der Waals surface area contributed by atoms with E-state index in [0.29, 0.717) is 12.5 Å². The summed E-state index contributed by atoms with van der Waals surface area (Å²) in [6, 6.07) is 0. The minimum absolute atomic E-state index is 0.247. The van der Waals surface area contributed by atoms with Gasteiger partial charge >= 0.3 is 5.97 Å². The molecule has 0 fully saturated rings. The molecule has 0 aliphatic carbocycles. The second-order valence-corrected chi connectivity index (χ2v) is 4.51. The van der Waals surface area contributed by atoms with Crippen molar-refractivity contribution in [3.63, 3.8) is 0 Å². The zero-order valence-electron chi connectivity index (χ0n) is 9.50. The predicted octanol–water partition coefficient (Wildman–Crippen LogP) is 1.90. The minimum atomic E-state index is -0.894. The fourth-order valence-electron chi connectivity index (χ4n) is 0.842. The number of rotatable bonds is 6. The van der Waals surface area contributed by atoms with Gasteiger partial charge in [-0.05, 0) is 11.3 Å². The van der Waals surface area contributed by atoms with E-state index in [1.54, 1.807) is 6.08 Å². The standard InChI is InChI=1S/C11H21NO2/c1-9(2)11(3,4)8-12-7-5-6-10(13)14/h5-6,9,12H,7-8H2,1-4H3,(H,13,14)/b6-5+. The second-order valence-electron chi connectivity index (χ2n) is 4.51. The molecular weight excluding hydrogens is 178 g/mol. The molecular formula is C11H21NO2. The number of carbonyl (C=O) groups is 1. The van der Waals surface area contributed by atoms with Crippen LogP contribution in [0.4, 0.5) is 0 Å². The van der Waals surface area contributed by atoms with E-state index in [1.165, 1.54) is 0 Å². The Balaban J connectivity index is 3.69. The van der Waals surface area contributed by atoms with E-state index in [0.717, 1.165) is 12.6 Å². The summed E-state index contributed by atoms with van der Waals surface area (Å²) in [6.45, 7) is 10.3. The molecule has 0 bridgehead atoms. The molecule has 0 atom stereocenters. The second kappa shape index (κ2) is 5.81. The van der Waals surface area contributed by atoms with Crippen molar-refractivity contribution < 1.29 is 9.90 Å². The van der Waals surface area contributed by atoms with Gasteiger partial charge in [-0.1, -0.05) is 33.8 Å². The number of hydrogen-bond donors (Lipinski definition) is 2. The average molecular weight is 199 g/mol. The van der Waals surface area contributed by atoms with Crippen molar-refractivity contribution in [3.05, 3.63) is 12.2 Å². The Labute approximate surface area is 86.2 Å². The lowest BCUT2D eigenvalue weighted by molar-refractivity contribution is -0.131. The van der Waals surface area contributed by atoms with Crippen LogP contribution in [-0.4, -0.2) is 24.2 Å². The van der Waals surface area contributed by atoms with Crippen LogP contribution in [-0.2, 0) is 4.79 Å². The zero-order chi connectivity index (χ0) is 11.2. The van der Waals surface area contributed by atoms with E-state index in [4.69, 9.17) is 5.11 Å². The van der Waals surface area contributed by atoms with Crippen LogP contribution < -0.4 is 5.32 Å². The molecule has 0 spiro atoms. The molecule has 0 heterocycles. The highest BCUT2D eigenvalue weighted by Gasteiger charge is 2.20. The summed E-state index contributed by atoms with van der Waals surface area (Å²) in [4.78, 5) is 10.2. The van der Waals surface area contributed by atoms with Gasteiger partial charge in [0.05, 0.1) is 0 Å². The average Bonchev–Trinajstić information content (AvgIpc) is 2.02. The van der Waals surface area contributed by atoms with Crippen LogP contribution in [0, 0.1) is 11.3 Å². The molecule has 0 unspecified atom stereocenters. The van der Waals surface area contributed by atoms with E-state index >= 15 is 0 Å². The fourth-order valence-corrected chi connectivity index (χ4v) is 0.842. The number of carboxylic acids is 1. The molecule has 0 aromatic heterocycles. The number of hydrogen-bond acceptors (Lipinski definition) is 2. The highest BCUT2D eigenvalue weighted by Crippen LogP contribution is 2.24. The molecule has 0 radical (unpaired) electrons. The Bertz CT molecular complexity index is 207. The molecule has 2 N–H and O–H groups in total. The summed E-state index contributed by atoms with van der Waals surface area (Å²) in [7, 11) is 0. The van der Waals surface area contributed by atoms with Crippen molar-refractivity contribution in [3.8, 4) is 0 Å². The van der Waals surface area contributed by atoms with Crippen molar-refractivity contribution in [1.82, 2.24) is 5.32 Å². The summed E-state index contributed by atoms with van der Waals surface area (Å²) >= 11 is 0. The van der Waals surface area contributed by atoms with Crippen molar-refractivity contribution in [2.45, 2.75) is 27.7 Å².